The van der Waals surface area contributed by atoms with Gasteiger partial charge in [0.2, 0.25) is 11.6 Å². The van der Waals surface area contributed by atoms with Crippen molar-refractivity contribution in [2.24, 2.45) is 0 Å². The largest absolute Gasteiger partial charge is 0.370 e. The topological polar surface area (TPSA) is 181 Å². The quantitative estimate of drug-likeness (QED) is 0.0861. The molecule has 9 aromatic rings. The second kappa shape index (κ2) is 13.3. The molecule has 0 radical (unpaired) electrons. The highest BCUT2D eigenvalue weighted by molar-refractivity contribution is 6.59. The maximum absolute atomic E-state index is 12.1. The minimum absolute atomic E-state index is 0.0200. The van der Waals surface area contributed by atoms with E-state index in [0.717, 1.165) is 65.6 Å². The maximum Gasteiger partial charge on any atom is 0.316 e. The summed E-state index contributed by atoms with van der Waals surface area (Å²) in [6, 6.07) is 31.7. The summed E-state index contributed by atoms with van der Waals surface area (Å²) in [6.45, 7) is 27.8. The summed E-state index contributed by atoms with van der Waals surface area (Å²) >= 11 is 0. The van der Waals surface area contributed by atoms with Gasteiger partial charge in [-0.25, -0.2) is 0 Å². The van der Waals surface area contributed by atoms with Crippen LogP contribution in [0.25, 0.3) is 96.3 Å². The summed E-state index contributed by atoms with van der Waals surface area (Å²) in [5.74, 6) is -1.12. The van der Waals surface area contributed by atoms with Crippen molar-refractivity contribution in [1.29, 1.82) is 0 Å². The number of fused-ring (bicyclic) bond motifs is 8. The number of Topliss-reactive ketones (excluding diaryl/α,β-unsaturated/α-hetero) is 2. The first-order chi connectivity index (χ1) is 28.2. The number of carbonyl (C=O) groups is 2. The summed E-state index contributed by atoms with van der Waals surface area (Å²) in [7, 11) is 0. The number of nitrogen functional groups attached to an aromatic ring is 2. The fourth-order valence-electron chi connectivity index (χ4n) is 7.32. The average molecular weight is 749 g/mol. The van der Waals surface area contributed by atoms with Gasteiger partial charge in [-0.05, 0) is 44.5 Å². The molecular weight excluding hydrogens is 729 g/mol. The highest BCUT2D eigenvalue weighted by atomic mass is 16.2. The molecule has 0 spiro atoms. The zero-order valence-corrected chi connectivity index (χ0v) is 29.7. The molecular formula is C44H20N12O2. The Labute approximate surface area is 327 Å². The van der Waals surface area contributed by atoms with Crippen molar-refractivity contribution in [2.75, 3.05) is 11.5 Å². The molecule has 14 heteroatoms. The van der Waals surface area contributed by atoms with Crippen LogP contribution in [-0.2, 0) is 0 Å². The smallest absolute Gasteiger partial charge is 0.316 e. The van der Waals surface area contributed by atoms with Gasteiger partial charge in [0.05, 0.1) is 0 Å². The van der Waals surface area contributed by atoms with E-state index in [1.54, 1.807) is 6.07 Å². The molecule has 11 rings (SSSR count). The summed E-state index contributed by atoms with van der Waals surface area (Å²) < 4.78 is 0. The van der Waals surface area contributed by atoms with E-state index in [1.165, 1.54) is 0 Å². The minimum atomic E-state index is -0.382. The Morgan fingerprint density at radius 3 is 1.40 bits per heavy atom. The van der Waals surface area contributed by atoms with Crippen LogP contribution in [0.15, 0.2) is 97.1 Å². The van der Waals surface area contributed by atoms with Gasteiger partial charge in [0.15, 0.2) is 0 Å². The Kier molecular flexibility index (Phi) is 7.89. The van der Waals surface area contributed by atoms with Gasteiger partial charge in [0.1, 0.15) is 11.4 Å². The standard InChI is InChI=1S/C22H8N6.C16H8O2.C6H4N6/c1-23-19-20(24-2)28-22-21(27-19)25-17-14-9-5-7-12-10-11-6-3-4-8-13(11)16(15(12)14)18(17)26-22;17-15-12-7-3-5-10-8-9-4-1-2-6-11(9)14(13(10)12)16(15)18;1-9-5-6(10-2)12-4(8)3(7)11-5/h3-10H;1-8H;(H2,7,11)(H2,8,12). The summed E-state index contributed by atoms with van der Waals surface area (Å²) in [4.78, 5) is 61.8. The van der Waals surface area contributed by atoms with Gasteiger partial charge >= 0.3 is 11.3 Å². The van der Waals surface area contributed by atoms with Gasteiger partial charge in [-0.2, -0.15) is 9.97 Å². The minimum Gasteiger partial charge on any atom is -0.370 e. The lowest BCUT2D eigenvalue weighted by Gasteiger charge is -2.06. The number of anilines is 2. The molecule has 0 amide bonds. The van der Waals surface area contributed by atoms with E-state index in [2.05, 4.69) is 63.6 Å². The van der Waals surface area contributed by atoms with Crippen LogP contribution in [0, 0.1) is 26.3 Å². The summed E-state index contributed by atoms with van der Waals surface area (Å²) in [6.07, 6.45) is 0. The molecule has 0 aliphatic heterocycles. The molecule has 268 valence electrons. The van der Waals surface area contributed by atoms with E-state index in [9.17, 15) is 9.59 Å². The molecule has 14 nitrogen and oxygen atoms in total. The predicted molar refractivity (Wildman–Crippen MR) is 221 cm³/mol. The maximum atomic E-state index is 12.1. The van der Waals surface area contributed by atoms with Crippen LogP contribution in [-0.4, -0.2) is 41.5 Å². The van der Waals surface area contributed by atoms with E-state index in [-0.39, 0.29) is 57.8 Å². The van der Waals surface area contributed by atoms with Crippen LogP contribution in [0.4, 0.5) is 34.9 Å². The third-order valence-electron chi connectivity index (χ3n) is 9.77. The average Bonchev–Trinajstić information content (AvgIpc) is 3.72. The summed E-state index contributed by atoms with van der Waals surface area (Å²) in [5.41, 5.74) is 15.8. The second-order valence-corrected chi connectivity index (χ2v) is 12.9. The normalized spacial score (nSPS) is 11.6. The Balaban J connectivity index is 0.000000124. The van der Waals surface area contributed by atoms with Gasteiger partial charge in [-0.3, -0.25) is 9.59 Å². The Hall–Kier alpha value is -9.24. The van der Waals surface area contributed by atoms with Crippen molar-refractivity contribution in [3.63, 3.8) is 0 Å². The lowest BCUT2D eigenvalue weighted by molar-refractivity contribution is 0.0826. The monoisotopic (exact) mass is 748 g/mol. The molecule has 0 fully saturated rings. The zero-order chi connectivity index (χ0) is 40.2. The van der Waals surface area contributed by atoms with E-state index < -0.39 is 0 Å². The third-order valence-corrected chi connectivity index (χ3v) is 9.77. The lowest BCUT2D eigenvalue weighted by Crippen LogP contribution is -2.06. The van der Waals surface area contributed by atoms with Crippen molar-refractivity contribution >= 4 is 101 Å². The number of benzene rings is 6. The van der Waals surface area contributed by atoms with E-state index >= 15 is 0 Å². The van der Waals surface area contributed by atoms with Crippen LogP contribution in [0.1, 0.15) is 20.7 Å². The number of rotatable bonds is 0. The first-order valence-electron chi connectivity index (χ1n) is 17.3. The molecule has 4 N–H and O–H groups in total. The third kappa shape index (κ3) is 5.24. The molecule has 0 saturated carbocycles. The van der Waals surface area contributed by atoms with Crippen molar-refractivity contribution in [3.05, 3.63) is 154 Å². The first-order valence-corrected chi connectivity index (χ1v) is 17.3. The predicted octanol–water partition coefficient (Wildman–Crippen LogP) is 9.59. The van der Waals surface area contributed by atoms with Crippen molar-refractivity contribution in [3.8, 4) is 22.5 Å². The summed E-state index contributed by atoms with van der Waals surface area (Å²) in [5, 5.41) is 8.11. The van der Waals surface area contributed by atoms with E-state index in [0.29, 0.717) is 11.1 Å². The number of hydrogen-bond acceptors (Lipinski definition) is 10. The molecule has 0 bridgehead atoms. The first kappa shape index (κ1) is 34.5. The number of aromatic nitrogens is 6. The van der Waals surface area contributed by atoms with Gasteiger partial charge < -0.3 is 30.8 Å². The zero-order valence-electron chi connectivity index (χ0n) is 29.7. The Morgan fingerprint density at radius 1 is 0.431 bits per heavy atom. The SMILES string of the molecule is O=C1C(=O)c2c3ccccc3cc3cccc1c23.[C-]#[N+]c1nc(N)c(N)nc1[N+]#[C-].[C-]#[N+]c1nc2nc3c(nc2nc1[N+]#[C-])-c1c2ccccc2cc2cccc-3c12. The van der Waals surface area contributed by atoms with Gasteiger partial charge in [-0.1, -0.05) is 111 Å². The number of nitrogens with zero attached hydrogens (tertiary/aromatic N) is 10. The van der Waals surface area contributed by atoms with Crippen molar-refractivity contribution < 1.29 is 9.59 Å². The molecule has 2 aliphatic carbocycles. The van der Waals surface area contributed by atoms with Gasteiger partial charge in [0.25, 0.3) is 34.9 Å². The van der Waals surface area contributed by atoms with Gasteiger partial charge in [0, 0.05) is 33.0 Å². The highest BCUT2D eigenvalue weighted by Crippen LogP contribution is 2.49. The highest BCUT2D eigenvalue weighted by Gasteiger charge is 2.32. The molecule has 0 saturated heterocycles. The fraction of sp³-hybridized carbons (Fsp3) is 0. The van der Waals surface area contributed by atoms with Crippen molar-refractivity contribution in [2.45, 2.75) is 0 Å². The molecule has 0 atom stereocenters. The van der Waals surface area contributed by atoms with Crippen LogP contribution in [0.3, 0.4) is 0 Å². The molecule has 3 aromatic heterocycles. The molecule has 6 aromatic carbocycles. The number of nitrogens with two attached hydrogens (primary N) is 2. The van der Waals surface area contributed by atoms with E-state index in [4.69, 9.17) is 47.7 Å². The number of hydrogen-bond donors (Lipinski definition) is 2. The van der Waals surface area contributed by atoms with Crippen LogP contribution < -0.4 is 11.5 Å². The Bertz CT molecular complexity index is 3500. The van der Waals surface area contributed by atoms with Gasteiger partial charge in [-0.15, -0.1) is 19.9 Å². The lowest BCUT2D eigenvalue weighted by atomic mass is 9.97. The molecule has 0 unspecified atom stereocenters. The second-order valence-electron chi connectivity index (χ2n) is 12.9. The fourth-order valence-corrected chi connectivity index (χ4v) is 7.32. The van der Waals surface area contributed by atoms with Crippen LogP contribution in [0.2, 0.25) is 0 Å². The van der Waals surface area contributed by atoms with Crippen LogP contribution in [0.5, 0.6) is 0 Å². The molecule has 2 aliphatic rings. The molecule has 58 heavy (non-hydrogen) atoms. The van der Waals surface area contributed by atoms with Crippen LogP contribution >= 0.6 is 0 Å². The van der Waals surface area contributed by atoms with Crippen molar-refractivity contribution in [1.82, 2.24) is 29.9 Å². The Morgan fingerprint density at radius 2 is 0.862 bits per heavy atom. The number of ketones is 2. The number of carbonyl (C=O) groups excluding carboxylic acids is 2. The van der Waals surface area contributed by atoms with E-state index in [1.807, 2.05) is 66.7 Å². The molecule has 3 heterocycles.